The van der Waals surface area contributed by atoms with E-state index in [1.165, 1.54) is 4.88 Å². The number of benzene rings is 2. The Kier molecular flexibility index (Phi) is 7.74. The maximum Gasteiger partial charge on any atom is 0.337 e. The summed E-state index contributed by atoms with van der Waals surface area (Å²) in [6.45, 7) is 1.94. The molecule has 0 saturated carbocycles. The Morgan fingerprint density at radius 2 is 1.72 bits per heavy atom. The van der Waals surface area contributed by atoms with E-state index >= 15 is 0 Å². The number of ketones is 1. The van der Waals surface area contributed by atoms with Crippen LogP contribution in [0.3, 0.4) is 0 Å². The summed E-state index contributed by atoms with van der Waals surface area (Å²) in [6, 6.07) is 16.9. The van der Waals surface area contributed by atoms with Crippen LogP contribution < -0.4 is 19.5 Å². The number of hydrogen-bond donors (Lipinski definition) is 1. The topological polar surface area (TPSA) is 83.1 Å². The number of carbonyl (C=O) groups excluding carboxylic acids is 2. The zero-order chi connectivity index (χ0) is 27.5. The lowest BCUT2D eigenvalue weighted by Gasteiger charge is -2.36. The molecule has 0 radical (unpaired) electrons. The highest BCUT2D eigenvalue weighted by Gasteiger charge is 2.42. The first-order valence-corrected chi connectivity index (χ1v) is 13.6. The molecule has 2 heterocycles. The van der Waals surface area contributed by atoms with Gasteiger partial charge in [-0.25, -0.2) is 4.79 Å². The lowest BCUT2D eigenvalue weighted by Crippen LogP contribution is -2.36. The number of ether oxygens (including phenoxy) is 4. The average molecular weight is 546 g/mol. The maximum atomic E-state index is 13.8. The van der Waals surface area contributed by atoms with Gasteiger partial charge in [0.2, 0.25) is 0 Å². The second-order valence-electron chi connectivity index (χ2n) is 9.56. The summed E-state index contributed by atoms with van der Waals surface area (Å²) < 4.78 is 22.2. The molecule has 1 N–H and O–H groups in total. The van der Waals surface area contributed by atoms with Crippen molar-refractivity contribution in [2.75, 3.05) is 21.3 Å². The summed E-state index contributed by atoms with van der Waals surface area (Å²) in [4.78, 5) is 28.7. The third-order valence-corrected chi connectivity index (χ3v) is 8.30. The second kappa shape index (κ2) is 11.4. The van der Waals surface area contributed by atoms with Crippen molar-refractivity contribution < 1.29 is 28.5 Å². The van der Waals surface area contributed by atoms with Crippen molar-refractivity contribution >= 4 is 23.1 Å². The largest absolute Gasteiger partial charge is 0.497 e. The predicted molar refractivity (Wildman–Crippen MR) is 149 cm³/mol. The molecule has 0 bridgehead atoms. The van der Waals surface area contributed by atoms with Crippen molar-refractivity contribution in [3.63, 3.8) is 0 Å². The van der Waals surface area contributed by atoms with E-state index in [-0.39, 0.29) is 18.3 Å². The lowest BCUT2D eigenvalue weighted by atomic mass is 9.72. The normalized spacial score (nSPS) is 18.8. The van der Waals surface area contributed by atoms with E-state index in [1.54, 1.807) is 44.8 Å². The zero-order valence-electron chi connectivity index (χ0n) is 22.4. The van der Waals surface area contributed by atoms with Crippen LogP contribution in [0.1, 0.15) is 47.6 Å². The highest BCUT2D eigenvalue weighted by atomic mass is 32.1. The fourth-order valence-corrected chi connectivity index (χ4v) is 6.19. The first kappa shape index (κ1) is 26.6. The van der Waals surface area contributed by atoms with Gasteiger partial charge in [0.1, 0.15) is 23.9 Å². The number of dihydropyridines is 1. The summed E-state index contributed by atoms with van der Waals surface area (Å²) >= 11 is 1.66. The van der Waals surface area contributed by atoms with Gasteiger partial charge >= 0.3 is 5.97 Å². The van der Waals surface area contributed by atoms with Gasteiger partial charge in [0.15, 0.2) is 5.78 Å². The van der Waals surface area contributed by atoms with Gasteiger partial charge in [0.25, 0.3) is 0 Å². The number of methoxy groups -OCH3 is 3. The number of nitrogens with one attached hydrogen (secondary N) is 1. The van der Waals surface area contributed by atoms with E-state index in [9.17, 15) is 9.59 Å². The average Bonchev–Trinajstić information content (AvgIpc) is 3.50. The number of allylic oxidation sites excluding steroid dienone is 3. The van der Waals surface area contributed by atoms with Gasteiger partial charge in [-0.2, -0.15) is 0 Å². The molecular weight excluding hydrogens is 514 g/mol. The fourth-order valence-electron chi connectivity index (χ4n) is 5.36. The number of carbonyl (C=O) groups is 2. The summed E-state index contributed by atoms with van der Waals surface area (Å²) in [7, 11) is 4.77. The van der Waals surface area contributed by atoms with Crippen LogP contribution >= 0.6 is 11.3 Å². The SMILES string of the molecule is COc1ccc(COC(=O)C2=C(C)NC3=C(C(=O)CC(c4cccs4)C3)C2c2cc(OC)ccc2OC)cc1. The first-order valence-electron chi connectivity index (χ1n) is 12.7. The van der Waals surface area contributed by atoms with Crippen molar-refractivity contribution in [1.29, 1.82) is 0 Å². The molecule has 39 heavy (non-hydrogen) atoms. The second-order valence-corrected chi connectivity index (χ2v) is 10.5. The molecule has 1 aromatic heterocycles. The molecule has 202 valence electrons. The minimum atomic E-state index is -0.661. The fraction of sp³-hybridized carbons (Fsp3) is 0.290. The molecule has 2 aromatic carbocycles. The smallest absolute Gasteiger partial charge is 0.337 e. The third kappa shape index (κ3) is 5.29. The van der Waals surface area contributed by atoms with Crippen LogP contribution in [0.5, 0.6) is 17.2 Å². The molecule has 5 rings (SSSR count). The summed E-state index contributed by atoms with van der Waals surface area (Å²) in [5, 5.41) is 5.44. The van der Waals surface area contributed by atoms with Gasteiger partial charge in [0.05, 0.1) is 32.8 Å². The Bertz CT molecular complexity index is 1440. The van der Waals surface area contributed by atoms with Gasteiger partial charge < -0.3 is 24.3 Å². The quantitative estimate of drug-likeness (QED) is 0.354. The van der Waals surface area contributed by atoms with Crippen molar-refractivity contribution in [2.24, 2.45) is 0 Å². The number of Topliss-reactive ketones (excluding diaryl/α,β-unsaturated/α-hetero) is 1. The van der Waals surface area contributed by atoms with Gasteiger partial charge in [0, 0.05) is 39.7 Å². The molecule has 1 aliphatic carbocycles. The van der Waals surface area contributed by atoms with Crippen LogP contribution in [-0.2, 0) is 20.9 Å². The Labute approximate surface area is 232 Å². The van der Waals surface area contributed by atoms with Crippen molar-refractivity contribution in [2.45, 2.75) is 38.2 Å². The molecule has 0 amide bonds. The molecule has 0 spiro atoms. The van der Waals surface area contributed by atoms with Crippen molar-refractivity contribution in [1.82, 2.24) is 5.32 Å². The van der Waals surface area contributed by atoms with Crippen LogP contribution in [0.25, 0.3) is 0 Å². The number of rotatable bonds is 8. The summed E-state index contributed by atoms with van der Waals surface area (Å²) in [5.41, 5.74) is 3.97. The Morgan fingerprint density at radius 1 is 0.974 bits per heavy atom. The van der Waals surface area contributed by atoms with E-state index in [0.717, 1.165) is 17.0 Å². The standard InChI is InChI=1S/C31H31NO6S/c1-18-28(31(34)38-17-19-7-9-21(35-2)10-8-19)29(23-16-22(36-3)11-12-26(23)37-4)30-24(32-18)14-20(15-25(30)33)27-6-5-13-39-27/h5-13,16,20,29,32H,14-15,17H2,1-4H3. The highest BCUT2D eigenvalue weighted by molar-refractivity contribution is 7.10. The van der Waals surface area contributed by atoms with Gasteiger partial charge in [-0.15, -0.1) is 11.3 Å². The van der Waals surface area contributed by atoms with Crippen LogP contribution in [0.2, 0.25) is 0 Å². The minimum Gasteiger partial charge on any atom is -0.497 e. The number of hydrogen-bond acceptors (Lipinski definition) is 8. The number of thiophene rings is 1. The molecule has 2 atom stereocenters. The van der Waals surface area contributed by atoms with E-state index in [2.05, 4.69) is 11.4 Å². The molecule has 2 unspecified atom stereocenters. The molecular formula is C31H31NO6S. The zero-order valence-corrected chi connectivity index (χ0v) is 23.2. The summed E-state index contributed by atoms with van der Waals surface area (Å²) in [6.07, 6.45) is 1.05. The molecule has 0 fully saturated rings. The number of esters is 1. The van der Waals surface area contributed by atoms with E-state index in [4.69, 9.17) is 18.9 Å². The third-order valence-electron chi connectivity index (χ3n) is 7.27. The Balaban J connectivity index is 1.54. The lowest BCUT2D eigenvalue weighted by molar-refractivity contribution is -0.140. The molecule has 0 saturated heterocycles. The molecule has 8 heteroatoms. The van der Waals surface area contributed by atoms with Crippen LogP contribution in [-0.4, -0.2) is 33.1 Å². The van der Waals surface area contributed by atoms with E-state index in [0.29, 0.717) is 46.7 Å². The molecule has 1 aliphatic heterocycles. The van der Waals surface area contributed by atoms with Gasteiger partial charge in [-0.3, -0.25) is 4.79 Å². The van der Waals surface area contributed by atoms with E-state index in [1.807, 2.05) is 48.7 Å². The van der Waals surface area contributed by atoms with E-state index < -0.39 is 11.9 Å². The Morgan fingerprint density at radius 3 is 2.38 bits per heavy atom. The molecule has 2 aliphatic rings. The van der Waals surface area contributed by atoms with Crippen LogP contribution in [0.4, 0.5) is 0 Å². The summed E-state index contributed by atoms with van der Waals surface area (Å²) in [5.74, 6) is 0.835. The first-order chi connectivity index (χ1) is 18.9. The Hall–Kier alpha value is -4.04. The predicted octanol–water partition coefficient (Wildman–Crippen LogP) is 5.88. The van der Waals surface area contributed by atoms with Crippen molar-refractivity contribution in [3.05, 3.63) is 98.5 Å². The molecule has 7 nitrogen and oxygen atoms in total. The van der Waals surface area contributed by atoms with Gasteiger partial charge in [-0.05, 0) is 60.7 Å². The minimum absolute atomic E-state index is 0.00461. The maximum absolute atomic E-state index is 13.8. The highest BCUT2D eigenvalue weighted by Crippen LogP contribution is 2.48. The van der Waals surface area contributed by atoms with Gasteiger partial charge in [-0.1, -0.05) is 18.2 Å². The van der Waals surface area contributed by atoms with Crippen LogP contribution in [0, 0.1) is 0 Å². The monoisotopic (exact) mass is 545 g/mol. The van der Waals surface area contributed by atoms with Crippen LogP contribution in [0.15, 0.2) is 82.5 Å². The molecule has 3 aromatic rings. The van der Waals surface area contributed by atoms with Crippen molar-refractivity contribution in [3.8, 4) is 17.2 Å².